The van der Waals surface area contributed by atoms with Gasteiger partial charge in [-0.05, 0) is 6.42 Å². The summed E-state index contributed by atoms with van der Waals surface area (Å²) in [5, 5.41) is 0. The van der Waals surface area contributed by atoms with Crippen LogP contribution in [0.25, 0.3) is 0 Å². The Hall–Kier alpha value is -1.77. The molecule has 1 aromatic rings. The minimum atomic E-state index is -0.587. The summed E-state index contributed by atoms with van der Waals surface area (Å²) < 4.78 is 0. The lowest BCUT2D eigenvalue weighted by Crippen LogP contribution is -2.17. The van der Waals surface area contributed by atoms with Gasteiger partial charge in [-0.15, -0.1) is 0 Å². The van der Waals surface area contributed by atoms with Crippen molar-refractivity contribution in [2.24, 2.45) is 0 Å². The van der Waals surface area contributed by atoms with Crippen molar-refractivity contribution in [2.45, 2.75) is 26.2 Å². The Balaban J connectivity index is 2.59. The minimum Gasteiger partial charge on any atom is -0.294 e. The van der Waals surface area contributed by atoms with Gasteiger partial charge >= 0.3 is 0 Å². The van der Waals surface area contributed by atoms with Gasteiger partial charge in [-0.1, -0.05) is 37.3 Å². The summed E-state index contributed by atoms with van der Waals surface area (Å²) >= 11 is 0. The van der Waals surface area contributed by atoms with E-state index in [0.29, 0.717) is 12.0 Å². The van der Waals surface area contributed by atoms with Crippen LogP contribution < -0.4 is 0 Å². The Morgan fingerprint density at radius 3 is 2.19 bits per heavy atom. The highest BCUT2D eigenvalue weighted by molar-refractivity contribution is 6.41. The van der Waals surface area contributed by atoms with Crippen molar-refractivity contribution in [3.8, 4) is 0 Å². The average molecular weight is 218 g/mol. The van der Waals surface area contributed by atoms with Crippen LogP contribution in [0, 0.1) is 0 Å². The standard InChI is InChI=1S/C13H14O3/c1-2-6-11(14)13(16)9-12(15)10-7-4-3-5-8-10/h3-5,7-8H,2,6,9H2,1H3. The van der Waals surface area contributed by atoms with Gasteiger partial charge in [0.05, 0.1) is 6.42 Å². The lowest BCUT2D eigenvalue weighted by molar-refractivity contribution is -0.136. The second kappa shape index (κ2) is 5.95. The van der Waals surface area contributed by atoms with E-state index < -0.39 is 11.6 Å². The second-order valence-electron chi connectivity index (χ2n) is 3.56. The van der Waals surface area contributed by atoms with Crippen molar-refractivity contribution < 1.29 is 14.4 Å². The predicted octanol–water partition coefficient (Wildman–Crippen LogP) is 2.20. The summed E-state index contributed by atoms with van der Waals surface area (Å²) in [6, 6.07) is 8.53. The van der Waals surface area contributed by atoms with E-state index in [4.69, 9.17) is 0 Å². The van der Waals surface area contributed by atoms with E-state index in [1.165, 1.54) is 0 Å². The fraction of sp³-hybridized carbons (Fsp3) is 0.308. The van der Waals surface area contributed by atoms with E-state index in [2.05, 4.69) is 0 Å². The van der Waals surface area contributed by atoms with Gasteiger partial charge in [-0.2, -0.15) is 0 Å². The van der Waals surface area contributed by atoms with Crippen molar-refractivity contribution in [1.82, 2.24) is 0 Å². The van der Waals surface area contributed by atoms with E-state index in [1.54, 1.807) is 30.3 Å². The molecule has 0 atom stereocenters. The highest BCUT2D eigenvalue weighted by Gasteiger charge is 2.17. The SMILES string of the molecule is CCCC(=O)C(=O)CC(=O)c1ccccc1. The lowest BCUT2D eigenvalue weighted by Gasteiger charge is -1.99. The fourth-order valence-electron chi connectivity index (χ4n) is 1.34. The normalized spacial score (nSPS) is 9.81. The molecule has 3 nitrogen and oxygen atoms in total. The summed E-state index contributed by atoms with van der Waals surface area (Å²) in [5.41, 5.74) is 0.472. The van der Waals surface area contributed by atoms with Gasteiger partial charge < -0.3 is 0 Å². The number of carbonyl (C=O) groups is 3. The van der Waals surface area contributed by atoms with E-state index in [9.17, 15) is 14.4 Å². The zero-order valence-electron chi connectivity index (χ0n) is 9.23. The quantitative estimate of drug-likeness (QED) is 0.418. The van der Waals surface area contributed by atoms with Crippen LogP contribution in [0.15, 0.2) is 30.3 Å². The first-order chi connectivity index (χ1) is 7.65. The number of hydrogen-bond donors (Lipinski definition) is 0. The number of ketones is 3. The third-order valence-corrected chi connectivity index (χ3v) is 2.20. The van der Waals surface area contributed by atoms with Gasteiger partial charge in [0.15, 0.2) is 11.6 Å². The summed E-state index contributed by atoms with van der Waals surface area (Å²) in [5.74, 6) is -1.34. The van der Waals surface area contributed by atoms with Crippen LogP contribution in [-0.2, 0) is 9.59 Å². The molecular weight excluding hydrogens is 204 g/mol. The van der Waals surface area contributed by atoms with E-state index in [1.807, 2.05) is 6.92 Å². The molecule has 1 rings (SSSR count). The Kier molecular flexibility index (Phi) is 4.58. The molecule has 0 unspecified atom stereocenters. The molecule has 0 radical (unpaired) electrons. The van der Waals surface area contributed by atoms with Crippen molar-refractivity contribution in [2.75, 3.05) is 0 Å². The Morgan fingerprint density at radius 1 is 1.00 bits per heavy atom. The zero-order valence-corrected chi connectivity index (χ0v) is 9.23. The average Bonchev–Trinajstić information content (AvgIpc) is 2.30. The smallest absolute Gasteiger partial charge is 0.206 e. The van der Waals surface area contributed by atoms with Crippen molar-refractivity contribution >= 4 is 17.3 Å². The summed E-state index contributed by atoms with van der Waals surface area (Å²) in [7, 11) is 0. The van der Waals surface area contributed by atoms with Gasteiger partial charge in [0.25, 0.3) is 0 Å². The molecule has 0 heterocycles. The third kappa shape index (κ3) is 3.42. The number of Topliss-reactive ketones (excluding diaryl/α,β-unsaturated/α-hetero) is 3. The van der Waals surface area contributed by atoms with Crippen LogP contribution in [0.1, 0.15) is 36.5 Å². The molecule has 84 valence electrons. The maximum absolute atomic E-state index is 11.6. The molecule has 0 amide bonds. The Bertz CT molecular complexity index is 393. The molecule has 16 heavy (non-hydrogen) atoms. The van der Waals surface area contributed by atoms with Gasteiger partial charge in [0, 0.05) is 12.0 Å². The number of hydrogen-bond acceptors (Lipinski definition) is 3. The highest BCUT2D eigenvalue weighted by Crippen LogP contribution is 2.04. The maximum atomic E-state index is 11.6. The van der Waals surface area contributed by atoms with Crippen molar-refractivity contribution in [3.63, 3.8) is 0 Å². The summed E-state index contributed by atoms with van der Waals surface area (Å²) in [6.07, 6.45) is 0.536. The molecule has 0 N–H and O–H groups in total. The predicted molar refractivity (Wildman–Crippen MR) is 60.3 cm³/mol. The molecule has 3 heteroatoms. The van der Waals surface area contributed by atoms with E-state index >= 15 is 0 Å². The largest absolute Gasteiger partial charge is 0.294 e. The molecule has 0 bridgehead atoms. The highest BCUT2D eigenvalue weighted by atomic mass is 16.2. The molecule has 0 spiro atoms. The van der Waals surface area contributed by atoms with Gasteiger partial charge in [-0.3, -0.25) is 14.4 Å². The Morgan fingerprint density at radius 2 is 1.62 bits per heavy atom. The van der Waals surface area contributed by atoms with Crippen LogP contribution in [-0.4, -0.2) is 17.3 Å². The Labute approximate surface area is 94.5 Å². The molecule has 0 aliphatic heterocycles. The van der Waals surface area contributed by atoms with Crippen LogP contribution in [0.4, 0.5) is 0 Å². The molecule has 0 aromatic heterocycles. The van der Waals surface area contributed by atoms with E-state index in [-0.39, 0.29) is 18.6 Å². The molecular formula is C13H14O3. The van der Waals surface area contributed by atoms with Crippen molar-refractivity contribution in [3.05, 3.63) is 35.9 Å². The minimum absolute atomic E-state index is 0.223. The molecule has 0 aliphatic rings. The number of benzene rings is 1. The molecule has 0 saturated heterocycles. The van der Waals surface area contributed by atoms with Crippen LogP contribution >= 0.6 is 0 Å². The van der Waals surface area contributed by atoms with Crippen molar-refractivity contribution in [1.29, 1.82) is 0 Å². The summed E-state index contributed by atoms with van der Waals surface area (Å²) in [4.78, 5) is 34.1. The first-order valence-electron chi connectivity index (χ1n) is 5.29. The first-order valence-corrected chi connectivity index (χ1v) is 5.29. The lowest BCUT2D eigenvalue weighted by atomic mass is 10.0. The topological polar surface area (TPSA) is 51.2 Å². The third-order valence-electron chi connectivity index (χ3n) is 2.20. The summed E-state index contributed by atoms with van der Waals surface area (Å²) in [6.45, 7) is 1.82. The molecule has 0 fully saturated rings. The van der Waals surface area contributed by atoms with Crippen LogP contribution in [0.5, 0.6) is 0 Å². The van der Waals surface area contributed by atoms with Gasteiger partial charge in [-0.25, -0.2) is 0 Å². The molecule has 0 saturated carbocycles. The molecule has 0 aliphatic carbocycles. The second-order valence-corrected chi connectivity index (χ2v) is 3.56. The number of rotatable bonds is 6. The van der Waals surface area contributed by atoms with Gasteiger partial charge in [0.1, 0.15) is 0 Å². The first kappa shape index (κ1) is 12.3. The van der Waals surface area contributed by atoms with Crippen LogP contribution in [0.2, 0.25) is 0 Å². The number of carbonyl (C=O) groups excluding carboxylic acids is 3. The zero-order chi connectivity index (χ0) is 12.0. The van der Waals surface area contributed by atoms with E-state index in [0.717, 1.165) is 0 Å². The van der Waals surface area contributed by atoms with Gasteiger partial charge in [0.2, 0.25) is 5.78 Å². The molecule has 1 aromatic carbocycles. The maximum Gasteiger partial charge on any atom is 0.206 e. The fourth-order valence-corrected chi connectivity index (χ4v) is 1.34. The monoisotopic (exact) mass is 218 g/mol. The van der Waals surface area contributed by atoms with Crippen LogP contribution in [0.3, 0.4) is 0 Å².